The average Bonchev–Trinajstić information content (AvgIpc) is 3.17. The summed E-state index contributed by atoms with van der Waals surface area (Å²) in [6.45, 7) is 2.09. The van der Waals surface area contributed by atoms with Crippen molar-refractivity contribution in [3.63, 3.8) is 0 Å². The fourth-order valence-electron chi connectivity index (χ4n) is 2.60. The van der Waals surface area contributed by atoms with Crippen LogP contribution in [0.2, 0.25) is 0 Å². The van der Waals surface area contributed by atoms with Crippen molar-refractivity contribution in [3.8, 4) is 0 Å². The number of anilines is 1. The Morgan fingerprint density at radius 2 is 2.10 bits per heavy atom. The number of aromatic amines is 1. The van der Waals surface area contributed by atoms with E-state index in [0.29, 0.717) is 5.82 Å². The van der Waals surface area contributed by atoms with Crippen molar-refractivity contribution in [1.29, 1.82) is 0 Å². The summed E-state index contributed by atoms with van der Waals surface area (Å²) in [4.78, 5) is 12.5. The normalized spacial score (nSPS) is 15.7. The van der Waals surface area contributed by atoms with Crippen LogP contribution in [0, 0.1) is 5.82 Å². The Morgan fingerprint density at radius 1 is 1.38 bits per heavy atom. The molecule has 110 valence electrons. The molecule has 1 aromatic heterocycles. The number of halogens is 1. The molecule has 1 heterocycles. The van der Waals surface area contributed by atoms with Gasteiger partial charge < -0.3 is 5.32 Å². The number of nitrogens with one attached hydrogen (secondary N) is 2. The Morgan fingerprint density at radius 3 is 2.71 bits per heavy atom. The van der Waals surface area contributed by atoms with Crippen molar-refractivity contribution >= 4 is 11.7 Å². The zero-order valence-corrected chi connectivity index (χ0v) is 11.9. The average molecular weight is 287 g/mol. The molecule has 0 unspecified atom stereocenters. The van der Waals surface area contributed by atoms with Crippen LogP contribution in [0.25, 0.3) is 0 Å². The van der Waals surface area contributed by atoms with E-state index in [1.54, 1.807) is 12.1 Å². The minimum Gasteiger partial charge on any atom is -0.308 e. The molecule has 3 rings (SSSR count). The van der Waals surface area contributed by atoms with Crippen molar-refractivity contribution < 1.29 is 9.18 Å². The fourth-order valence-corrected chi connectivity index (χ4v) is 2.60. The second kappa shape index (κ2) is 5.31. The van der Waals surface area contributed by atoms with Crippen molar-refractivity contribution in [1.82, 2.24) is 10.2 Å². The number of aryl methyl sites for hydroxylation is 1. The van der Waals surface area contributed by atoms with Crippen molar-refractivity contribution in [2.45, 2.75) is 38.0 Å². The lowest BCUT2D eigenvalue weighted by molar-refractivity contribution is -0.118. The van der Waals surface area contributed by atoms with E-state index in [-0.39, 0.29) is 11.7 Å². The summed E-state index contributed by atoms with van der Waals surface area (Å²) in [6.07, 6.45) is 3.51. The molecule has 0 radical (unpaired) electrons. The SMILES string of the molecule is CCCc1cc(NC(=O)C2(c3ccc(F)cc3)CC2)n[nH]1. The first kappa shape index (κ1) is 13.8. The van der Waals surface area contributed by atoms with Gasteiger partial charge in [-0.3, -0.25) is 9.89 Å². The number of carbonyl (C=O) groups is 1. The first-order chi connectivity index (χ1) is 10.1. The molecule has 1 aromatic carbocycles. The number of nitrogens with zero attached hydrogens (tertiary/aromatic N) is 1. The van der Waals surface area contributed by atoms with Crippen LogP contribution in [0.15, 0.2) is 30.3 Å². The molecular formula is C16H18FN3O. The minimum absolute atomic E-state index is 0.0661. The first-order valence-electron chi connectivity index (χ1n) is 7.26. The van der Waals surface area contributed by atoms with Gasteiger partial charge in [0, 0.05) is 11.8 Å². The van der Waals surface area contributed by atoms with Crippen molar-refractivity contribution in [2.75, 3.05) is 5.32 Å². The standard InChI is InChI=1S/C16H18FN3O/c1-2-3-13-10-14(20-19-13)18-15(21)16(8-9-16)11-4-6-12(17)7-5-11/h4-7,10H,2-3,8-9H2,1H3,(H2,18,19,20,21). The third-order valence-electron chi connectivity index (χ3n) is 3.97. The van der Waals surface area contributed by atoms with E-state index >= 15 is 0 Å². The summed E-state index contributed by atoms with van der Waals surface area (Å²) in [5.74, 6) is 0.201. The van der Waals surface area contributed by atoms with E-state index in [1.165, 1.54) is 12.1 Å². The van der Waals surface area contributed by atoms with Gasteiger partial charge in [-0.05, 0) is 37.0 Å². The highest BCUT2D eigenvalue weighted by atomic mass is 19.1. The molecule has 1 fully saturated rings. The highest BCUT2D eigenvalue weighted by Gasteiger charge is 2.51. The molecule has 0 aliphatic heterocycles. The number of hydrogen-bond acceptors (Lipinski definition) is 2. The Bertz CT molecular complexity index is 644. The lowest BCUT2D eigenvalue weighted by Crippen LogP contribution is -2.27. The molecule has 1 aliphatic carbocycles. The molecular weight excluding hydrogens is 269 g/mol. The van der Waals surface area contributed by atoms with Gasteiger partial charge in [-0.25, -0.2) is 4.39 Å². The van der Waals surface area contributed by atoms with E-state index in [0.717, 1.165) is 36.9 Å². The van der Waals surface area contributed by atoms with E-state index in [1.807, 2.05) is 6.07 Å². The summed E-state index contributed by atoms with van der Waals surface area (Å²) >= 11 is 0. The van der Waals surface area contributed by atoms with Gasteiger partial charge in [0.25, 0.3) is 0 Å². The highest BCUT2D eigenvalue weighted by molar-refractivity contribution is 6.00. The predicted molar refractivity (Wildman–Crippen MR) is 78.5 cm³/mol. The van der Waals surface area contributed by atoms with Crippen LogP contribution >= 0.6 is 0 Å². The zero-order chi connectivity index (χ0) is 14.9. The second-order valence-electron chi connectivity index (χ2n) is 5.57. The molecule has 1 aliphatic rings. The summed E-state index contributed by atoms with van der Waals surface area (Å²) in [5, 5.41) is 9.89. The molecule has 21 heavy (non-hydrogen) atoms. The molecule has 1 saturated carbocycles. The van der Waals surface area contributed by atoms with Crippen LogP contribution in [0.1, 0.15) is 37.4 Å². The van der Waals surface area contributed by atoms with E-state index in [4.69, 9.17) is 0 Å². The minimum atomic E-state index is -0.516. The monoisotopic (exact) mass is 287 g/mol. The number of benzene rings is 1. The second-order valence-corrected chi connectivity index (χ2v) is 5.57. The number of rotatable bonds is 5. The Balaban J connectivity index is 1.73. The largest absolute Gasteiger partial charge is 0.308 e. The van der Waals surface area contributed by atoms with Crippen molar-refractivity contribution in [2.24, 2.45) is 0 Å². The number of hydrogen-bond donors (Lipinski definition) is 2. The zero-order valence-electron chi connectivity index (χ0n) is 11.9. The number of amides is 1. The molecule has 4 nitrogen and oxygen atoms in total. The maximum atomic E-state index is 13.0. The molecule has 0 saturated heterocycles. The number of H-pyrrole nitrogens is 1. The third-order valence-corrected chi connectivity index (χ3v) is 3.97. The molecule has 0 spiro atoms. The van der Waals surface area contributed by atoms with Crippen LogP contribution in [-0.2, 0) is 16.6 Å². The lowest BCUT2D eigenvalue weighted by Gasteiger charge is -2.14. The van der Waals surface area contributed by atoms with Crippen LogP contribution in [-0.4, -0.2) is 16.1 Å². The van der Waals surface area contributed by atoms with Crippen LogP contribution in [0.4, 0.5) is 10.2 Å². The van der Waals surface area contributed by atoms with E-state index < -0.39 is 5.41 Å². The van der Waals surface area contributed by atoms with Crippen LogP contribution in [0.3, 0.4) is 0 Å². The summed E-state index contributed by atoms with van der Waals surface area (Å²) in [5.41, 5.74) is 1.36. The summed E-state index contributed by atoms with van der Waals surface area (Å²) in [6, 6.07) is 8.04. The van der Waals surface area contributed by atoms with E-state index in [2.05, 4.69) is 22.4 Å². The number of carbonyl (C=O) groups excluding carboxylic acids is 1. The quantitative estimate of drug-likeness (QED) is 0.887. The van der Waals surface area contributed by atoms with Gasteiger partial charge in [-0.15, -0.1) is 0 Å². The van der Waals surface area contributed by atoms with Crippen molar-refractivity contribution in [3.05, 3.63) is 47.4 Å². The molecule has 5 heteroatoms. The molecule has 0 atom stereocenters. The smallest absolute Gasteiger partial charge is 0.236 e. The molecule has 1 amide bonds. The third kappa shape index (κ3) is 2.68. The van der Waals surface area contributed by atoms with E-state index in [9.17, 15) is 9.18 Å². The van der Waals surface area contributed by atoms with Gasteiger partial charge in [-0.2, -0.15) is 5.10 Å². The van der Waals surface area contributed by atoms with Gasteiger partial charge in [0.1, 0.15) is 5.82 Å². The van der Waals surface area contributed by atoms with Gasteiger partial charge in [0.2, 0.25) is 5.91 Å². The summed E-state index contributed by atoms with van der Waals surface area (Å²) < 4.78 is 13.0. The van der Waals surface area contributed by atoms with Crippen LogP contribution < -0.4 is 5.32 Å². The number of aromatic nitrogens is 2. The maximum absolute atomic E-state index is 13.0. The lowest BCUT2D eigenvalue weighted by atomic mass is 9.95. The Kier molecular flexibility index (Phi) is 3.49. The molecule has 0 bridgehead atoms. The summed E-state index contributed by atoms with van der Waals surface area (Å²) in [7, 11) is 0. The maximum Gasteiger partial charge on any atom is 0.236 e. The molecule has 2 aromatic rings. The Hall–Kier alpha value is -2.17. The van der Waals surface area contributed by atoms with Gasteiger partial charge >= 0.3 is 0 Å². The topological polar surface area (TPSA) is 57.8 Å². The molecule has 2 N–H and O–H groups in total. The van der Waals surface area contributed by atoms with Gasteiger partial charge in [0.15, 0.2) is 5.82 Å². The van der Waals surface area contributed by atoms with Gasteiger partial charge in [-0.1, -0.05) is 25.5 Å². The van der Waals surface area contributed by atoms with Gasteiger partial charge in [0.05, 0.1) is 5.41 Å². The highest BCUT2D eigenvalue weighted by Crippen LogP contribution is 2.48. The Labute approximate surface area is 122 Å². The first-order valence-corrected chi connectivity index (χ1v) is 7.26. The van der Waals surface area contributed by atoms with Crippen LogP contribution in [0.5, 0.6) is 0 Å². The fraction of sp³-hybridized carbons (Fsp3) is 0.375. The predicted octanol–water partition coefficient (Wildman–Crippen LogP) is 3.17.